The van der Waals surface area contributed by atoms with Gasteiger partial charge >= 0.3 is 12.2 Å². The molecule has 3 amide bonds. The normalized spacial score (nSPS) is 13.1. The first-order valence-electron chi connectivity index (χ1n) is 9.60. The van der Waals surface area contributed by atoms with E-state index < -0.39 is 23.7 Å². The van der Waals surface area contributed by atoms with Crippen LogP contribution in [0, 0.1) is 5.41 Å². The van der Waals surface area contributed by atoms with Gasteiger partial charge in [-0.2, -0.15) is 13.2 Å². The van der Waals surface area contributed by atoms with Crippen LogP contribution in [0.4, 0.5) is 29.3 Å². The molecule has 0 bridgehead atoms. The average molecular weight is 466 g/mol. The first-order chi connectivity index (χ1) is 15.5. The Morgan fingerprint density at radius 2 is 2.00 bits per heavy atom. The number of nitrogens with zero attached hydrogens (tertiary/aromatic N) is 2. The highest BCUT2D eigenvalue weighted by atomic mass is 19.4. The number of benzene rings is 1. The molecule has 0 aromatic heterocycles. The quantitative estimate of drug-likeness (QED) is 0.137. The number of carbonyl (C=O) groups is 2. The van der Waals surface area contributed by atoms with Gasteiger partial charge in [-0.15, -0.1) is 0 Å². The highest BCUT2D eigenvalue weighted by Gasteiger charge is 2.32. The van der Waals surface area contributed by atoms with Gasteiger partial charge in [-0.3, -0.25) is 20.3 Å². The van der Waals surface area contributed by atoms with E-state index in [0.29, 0.717) is 0 Å². The molecule has 0 aliphatic carbocycles. The Balaban J connectivity index is 3.35. The van der Waals surface area contributed by atoms with Gasteiger partial charge in [0, 0.05) is 35.8 Å². The summed E-state index contributed by atoms with van der Waals surface area (Å²) in [7, 11) is 0. The summed E-state index contributed by atoms with van der Waals surface area (Å²) in [5.74, 6) is -0.795. The zero-order chi connectivity index (χ0) is 25.2. The number of nitrogens with one attached hydrogen (secondary N) is 3. The average Bonchev–Trinajstić information content (AvgIpc) is 2.74. The van der Waals surface area contributed by atoms with Crippen LogP contribution in [0.2, 0.25) is 0 Å². The Hall–Kier alpha value is -4.09. The zero-order valence-corrected chi connectivity index (χ0v) is 18.2. The van der Waals surface area contributed by atoms with Gasteiger partial charge in [0.15, 0.2) is 0 Å². The van der Waals surface area contributed by atoms with Gasteiger partial charge in [-0.25, -0.2) is 9.79 Å². The van der Waals surface area contributed by atoms with Gasteiger partial charge in [0.2, 0.25) is 12.4 Å². The number of nitrogen functional groups attached to an aromatic ring is 1. The van der Waals surface area contributed by atoms with E-state index in [1.54, 1.807) is 6.92 Å². The summed E-state index contributed by atoms with van der Waals surface area (Å²) in [5, 5.41) is 21.8. The van der Waals surface area contributed by atoms with Crippen molar-refractivity contribution in [3.8, 4) is 5.75 Å². The second-order valence-electron chi connectivity index (χ2n) is 6.32. The van der Waals surface area contributed by atoms with Crippen molar-refractivity contribution in [2.45, 2.75) is 26.9 Å². The van der Waals surface area contributed by atoms with Crippen LogP contribution in [0.5, 0.6) is 5.75 Å². The molecule has 12 heteroatoms. The number of alkyl halides is 3. The Kier molecular flexibility index (Phi) is 9.86. The molecule has 9 nitrogen and oxygen atoms in total. The third kappa shape index (κ3) is 7.52. The monoisotopic (exact) mass is 466 g/mol. The molecule has 0 atom stereocenters. The third-order valence-electron chi connectivity index (χ3n) is 4.13. The van der Waals surface area contributed by atoms with Crippen molar-refractivity contribution in [3.63, 3.8) is 0 Å². The van der Waals surface area contributed by atoms with Crippen LogP contribution in [-0.4, -0.2) is 47.3 Å². The predicted octanol–water partition coefficient (Wildman–Crippen LogP) is 3.71. The molecule has 1 aromatic carbocycles. The lowest BCUT2D eigenvalue weighted by Gasteiger charge is -2.23. The second kappa shape index (κ2) is 12.1. The highest BCUT2D eigenvalue weighted by molar-refractivity contribution is 6.02. The van der Waals surface area contributed by atoms with Crippen LogP contribution >= 0.6 is 0 Å². The van der Waals surface area contributed by atoms with Crippen LogP contribution in [0.15, 0.2) is 52.7 Å². The molecule has 178 valence electrons. The molecule has 33 heavy (non-hydrogen) atoms. The summed E-state index contributed by atoms with van der Waals surface area (Å²) in [6.45, 7) is 4.44. The summed E-state index contributed by atoms with van der Waals surface area (Å²) in [6, 6.07) is 1.50. The summed E-state index contributed by atoms with van der Waals surface area (Å²) < 4.78 is 39.8. The molecule has 0 heterocycles. The Morgan fingerprint density at radius 1 is 1.33 bits per heavy atom. The maximum Gasteiger partial charge on any atom is 0.416 e. The number of phenols is 1. The van der Waals surface area contributed by atoms with E-state index in [4.69, 9.17) is 11.1 Å². The molecule has 6 N–H and O–H groups in total. The van der Waals surface area contributed by atoms with Gasteiger partial charge in [0.1, 0.15) is 11.4 Å². The van der Waals surface area contributed by atoms with Gasteiger partial charge in [-0.05, 0) is 32.9 Å². The molecule has 0 unspecified atom stereocenters. The zero-order valence-electron chi connectivity index (χ0n) is 18.2. The van der Waals surface area contributed by atoms with E-state index in [-0.39, 0.29) is 41.3 Å². The fourth-order valence-corrected chi connectivity index (χ4v) is 2.59. The smallest absolute Gasteiger partial charge is 0.416 e. The molecular formula is C21H25F3N6O3. The molecule has 0 aliphatic rings. The topological polar surface area (TPSA) is 144 Å². The minimum absolute atomic E-state index is 0.0115. The largest absolute Gasteiger partial charge is 0.506 e. The van der Waals surface area contributed by atoms with Crippen molar-refractivity contribution in [2.75, 3.05) is 12.3 Å². The highest BCUT2D eigenvalue weighted by Crippen LogP contribution is 2.31. The number of guanidine groups is 1. The molecule has 0 aliphatic heterocycles. The van der Waals surface area contributed by atoms with Crippen molar-refractivity contribution >= 4 is 36.0 Å². The van der Waals surface area contributed by atoms with Gasteiger partial charge in [0.05, 0.1) is 5.57 Å². The lowest BCUT2D eigenvalue weighted by molar-refractivity contribution is -0.108. The molecule has 0 saturated heterocycles. The van der Waals surface area contributed by atoms with Crippen molar-refractivity contribution < 1.29 is 27.9 Å². The first kappa shape index (κ1) is 26.9. The molecule has 0 spiro atoms. The Labute approximate surface area is 188 Å². The Bertz CT molecular complexity index is 1010. The number of amides is 3. The summed E-state index contributed by atoms with van der Waals surface area (Å²) in [5.41, 5.74) is 4.87. The number of nitrogens with two attached hydrogens (primary N) is 1. The maximum absolute atomic E-state index is 13.3. The van der Waals surface area contributed by atoms with Gasteiger partial charge in [-0.1, -0.05) is 18.2 Å². The predicted molar refractivity (Wildman–Crippen MR) is 120 cm³/mol. The van der Waals surface area contributed by atoms with Crippen LogP contribution in [0.25, 0.3) is 0 Å². The molecular weight excluding hydrogens is 441 g/mol. The molecule has 1 aromatic rings. The number of rotatable bonds is 7. The molecule has 0 radical (unpaired) electrons. The lowest BCUT2D eigenvalue weighted by Crippen LogP contribution is -2.47. The van der Waals surface area contributed by atoms with Crippen LogP contribution in [0.1, 0.15) is 26.3 Å². The first-order valence-corrected chi connectivity index (χ1v) is 9.60. The van der Waals surface area contributed by atoms with Crippen molar-refractivity contribution in [2.24, 2.45) is 4.99 Å². The minimum Gasteiger partial charge on any atom is -0.506 e. The second-order valence-corrected chi connectivity index (χ2v) is 6.32. The van der Waals surface area contributed by atoms with Crippen LogP contribution in [0.3, 0.4) is 0 Å². The number of allylic oxidation sites excluding steroid dienone is 5. The Morgan fingerprint density at radius 3 is 2.48 bits per heavy atom. The fraction of sp³-hybridized carbons (Fsp3) is 0.238. The number of carbonyl (C=O) groups excluding carboxylic acids is 2. The standard InChI is InChI=1S/C21H25F3N6O3/c1-4-7-14(21(22,23)24)9-15(5-2)30(6-3)20(33)29-19(27-12-31)28-17-8-13(11-25)16(26)10-18(17)32/h4-5,7-12,25,32H,6,26H2,1-3H3,(H2,27,28,29,31,33)/b7-4-,14-9+,15-5+,25-11?. The number of phenolic OH excluding ortho intramolecular Hbond substituents is 1. The number of halogens is 3. The summed E-state index contributed by atoms with van der Waals surface area (Å²) in [6.07, 6.45) is 0.739. The number of hydrogen-bond acceptors (Lipinski definition) is 6. The van der Waals surface area contributed by atoms with E-state index in [0.717, 1.165) is 29.3 Å². The van der Waals surface area contributed by atoms with E-state index in [1.807, 2.05) is 0 Å². The van der Waals surface area contributed by atoms with Crippen LogP contribution in [-0.2, 0) is 4.79 Å². The van der Waals surface area contributed by atoms with E-state index in [9.17, 15) is 27.9 Å². The van der Waals surface area contributed by atoms with E-state index >= 15 is 0 Å². The SMILES string of the molecule is C\C=C/C(=C\C(=C/C)N(CC)C(=O)NC(=Nc1cc(C=N)c(N)cc1O)NC=O)C(F)(F)F. The number of aliphatic imine (C=N–C) groups is 1. The minimum atomic E-state index is -4.64. The van der Waals surface area contributed by atoms with Crippen molar-refractivity contribution in [3.05, 3.63) is 53.3 Å². The number of likely N-dealkylation sites (N-methyl/N-ethyl adjacent to an activating group) is 1. The number of aromatic hydroxyl groups is 1. The van der Waals surface area contributed by atoms with Crippen molar-refractivity contribution in [1.82, 2.24) is 15.5 Å². The van der Waals surface area contributed by atoms with Gasteiger partial charge in [0.25, 0.3) is 0 Å². The summed E-state index contributed by atoms with van der Waals surface area (Å²) >= 11 is 0. The lowest BCUT2D eigenvalue weighted by atomic mass is 10.1. The molecule has 0 saturated carbocycles. The maximum atomic E-state index is 13.3. The van der Waals surface area contributed by atoms with E-state index in [2.05, 4.69) is 15.6 Å². The van der Waals surface area contributed by atoms with E-state index in [1.165, 1.54) is 32.1 Å². The van der Waals surface area contributed by atoms with Crippen molar-refractivity contribution in [1.29, 1.82) is 5.41 Å². The third-order valence-corrected chi connectivity index (χ3v) is 4.13. The summed E-state index contributed by atoms with van der Waals surface area (Å²) in [4.78, 5) is 28.7. The molecule has 0 fully saturated rings. The van der Waals surface area contributed by atoms with Crippen LogP contribution < -0.4 is 16.4 Å². The van der Waals surface area contributed by atoms with Gasteiger partial charge < -0.3 is 16.2 Å². The number of urea groups is 1. The number of anilines is 1. The molecule has 1 rings (SSSR count). The number of hydrogen-bond donors (Lipinski definition) is 5. The fourth-order valence-electron chi connectivity index (χ4n) is 2.59.